The third-order valence-electron chi connectivity index (χ3n) is 3.98. The molecule has 1 atom stereocenters. The molecule has 2 heteroatoms. The summed E-state index contributed by atoms with van der Waals surface area (Å²) in [5.41, 5.74) is 0.937. The minimum absolute atomic E-state index is 0.278. The molecule has 0 bridgehead atoms. The van der Waals surface area contributed by atoms with Gasteiger partial charge in [0.1, 0.15) is 5.60 Å². The van der Waals surface area contributed by atoms with Gasteiger partial charge in [-0.15, -0.1) is 0 Å². The van der Waals surface area contributed by atoms with Crippen molar-refractivity contribution in [2.75, 3.05) is 14.1 Å². The molecular formula is C18H23NO. The Hall–Kier alpha value is -1.64. The van der Waals surface area contributed by atoms with Crippen LogP contribution in [-0.2, 0) is 5.60 Å². The summed E-state index contributed by atoms with van der Waals surface area (Å²) in [6, 6.07) is 20.1. The van der Waals surface area contributed by atoms with Gasteiger partial charge in [0, 0.05) is 6.04 Å². The molecular weight excluding hydrogens is 246 g/mol. The molecule has 0 unspecified atom stereocenters. The van der Waals surface area contributed by atoms with Gasteiger partial charge in [-0.25, -0.2) is 0 Å². The van der Waals surface area contributed by atoms with Gasteiger partial charge in [0.05, 0.1) is 0 Å². The van der Waals surface area contributed by atoms with E-state index in [-0.39, 0.29) is 6.04 Å². The van der Waals surface area contributed by atoms with E-state index in [1.165, 1.54) is 0 Å². The zero-order valence-corrected chi connectivity index (χ0v) is 12.5. The van der Waals surface area contributed by atoms with Gasteiger partial charge in [-0.05, 0) is 38.6 Å². The lowest BCUT2D eigenvalue weighted by Crippen LogP contribution is -2.37. The van der Waals surface area contributed by atoms with Crippen LogP contribution in [0.25, 0.3) is 0 Å². The van der Waals surface area contributed by atoms with Gasteiger partial charge in [-0.2, -0.15) is 0 Å². The summed E-state index contributed by atoms with van der Waals surface area (Å²) in [5, 5.41) is 11.3. The van der Waals surface area contributed by atoms with Crippen LogP contribution in [0.2, 0.25) is 0 Å². The van der Waals surface area contributed by atoms with Crippen molar-refractivity contribution < 1.29 is 5.11 Å². The SMILES string of the molecule is C[C@@H](CC(O)(c1ccccc1)c1ccccc1)N(C)C. The Balaban J connectivity index is 2.44. The lowest BCUT2D eigenvalue weighted by atomic mass is 9.81. The van der Waals surface area contributed by atoms with E-state index in [4.69, 9.17) is 0 Å². The van der Waals surface area contributed by atoms with Gasteiger partial charge >= 0.3 is 0 Å². The topological polar surface area (TPSA) is 23.5 Å². The molecule has 2 nitrogen and oxygen atoms in total. The van der Waals surface area contributed by atoms with Crippen molar-refractivity contribution in [1.82, 2.24) is 4.90 Å². The normalized spacial score (nSPS) is 13.4. The van der Waals surface area contributed by atoms with Crippen LogP contribution >= 0.6 is 0 Å². The van der Waals surface area contributed by atoms with E-state index >= 15 is 0 Å². The Kier molecular flexibility index (Phi) is 4.58. The standard InChI is InChI=1S/C18H23NO/c1-15(19(2)3)14-18(20,16-10-6-4-7-11-16)17-12-8-5-9-13-17/h4-13,15,20H,14H2,1-3H3/t15-/m0/s1. The van der Waals surface area contributed by atoms with E-state index in [1.807, 2.05) is 74.8 Å². The summed E-state index contributed by atoms with van der Waals surface area (Å²) < 4.78 is 0. The van der Waals surface area contributed by atoms with Crippen molar-refractivity contribution >= 4 is 0 Å². The summed E-state index contributed by atoms with van der Waals surface area (Å²) in [5.74, 6) is 0. The molecule has 2 aromatic rings. The number of benzene rings is 2. The van der Waals surface area contributed by atoms with Gasteiger partial charge in [-0.1, -0.05) is 60.7 Å². The third kappa shape index (κ3) is 3.09. The van der Waals surface area contributed by atoms with Crippen molar-refractivity contribution in [2.24, 2.45) is 0 Å². The summed E-state index contributed by atoms with van der Waals surface area (Å²) in [6.07, 6.45) is 0.661. The average Bonchev–Trinajstić information content (AvgIpc) is 2.48. The fraction of sp³-hybridized carbons (Fsp3) is 0.333. The molecule has 2 aromatic carbocycles. The van der Waals surface area contributed by atoms with E-state index in [1.54, 1.807) is 0 Å². The molecule has 0 aromatic heterocycles. The molecule has 0 saturated carbocycles. The quantitative estimate of drug-likeness (QED) is 0.900. The molecule has 0 aliphatic rings. The highest BCUT2D eigenvalue weighted by atomic mass is 16.3. The van der Waals surface area contributed by atoms with Crippen LogP contribution in [-0.4, -0.2) is 30.1 Å². The van der Waals surface area contributed by atoms with E-state index in [9.17, 15) is 5.11 Å². The molecule has 2 rings (SSSR count). The van der Waals surface area contributed by atoms with Crippen LogP contribution in [0.4, 0.5) is 0 Å². The van der Waals surface area contributed by atoms with Crippen molar-refractivity contribution in [3.63, 3.8) is 0 Å². The first-order chi connectivity index (χ1) is 9.54. The van der Waals surface area contributed by atoms with Crippen molar-refractivity contribution in [3.8, 4) is 0 Å². The molecule has 20 heavy (non-hydrogen) atoms. The predicted octanol–water partition coefficient (Wildman–Crippen LogP) is 3.26. The fourth-order valence-electron chi connectivity index (χ4n) is 2.44. The smallest absolute Gasteiger partial charge is 0.116 e. The van der Waals surface area contributed by atoms with Crippen molar-refractivity contribution in [3.05, 3.63) is 71.8 Å². The van der Waals surface area contributed by atoms with E-state index in [0.29, 0.717) is 6.42 Å². The maximum atomic E-state index is 11.3. The number of hydrogen-bond acceptors (Lipinski definition) is 2. The first-order valence-corrected chi connectivity index (χ1v) is 7.04. The zero-order valence-electron chi connectivity index (χ0n) is 12.5. The predicted molar refractivity (Wildman–Crippen MR) is 83.6 cm³/mol. The first kappa shape index (κ1) is 14.8. The Morgan fingerprint density at radius 3 is 1.65 bits per heavy atom. The minimum atomic E-state index is -0.952. The van der Waals surface area contributed by atoms with Crippen LogP contribution in [0.5, 0.6) is 0 Å². The lowest BCUT2D eigenvalue weighted by Gasteiger charge is -2.34. The number of rotatable bonds is 5. The highest BCUT2D eigenvalue weighted by Crippen LogP contribution is 2.34. The summed E-state index contributed by atoms with van der Waals surface area (Å²) in [4.78, 5) is 2.14. The molecule has 106 valence electrons. The van der Waals surface area contributed by atoms with Gasteiger partial charge < -0.3 is 10.0 Å². The van der Waals surface area contributed by atoms with E-state index < -0.39 is 5.60 Å². The Bertz CT molecular complexity index is 482. The Morgan fingerprint density at radius 1 is 0.900 bits per heavy atom. The van der Waals surface area contributed by atoms with Crippen LogP contribution < -0.4 is 0 Å². The second kappa shape index (κ2) is 6.21. The van der Waals surface area contributed by atoms with Gasteiger partial charge in [-0.3, -0.25) is 0 Å². The molecule has 0 aliphatic heterocycles. The van der Waals surface area contributed by atoms with Gasteiger partial charge in [0.15, 0.2) is 0 Å². The molecule has 0 fully saturated rings. The highest BCUT2D eigenvalue weighted by molar-refractivity contribution is 5.36. The molecule has 0 amide bonds. The van der Waals surface area contributed by atoms with Crippen LogP contribution in [0.1, 0.15) is 24.5 Å². The maximum Gasteiger partial charge on any atom is 0.116 e. The summed E-state index contributed by atoms with van der Waals surface area (Å²) >= 11 is 0. The monoisotopic (exact) mass is 269 g/mol. The van der Waals surface area contributed by atoms with Crippen LogP contribution in [0.3, 0.4) is 0 Å². The lowest BCUT2D eigenvalue weighted by molar-refractivity contribution is 0.0464. The average molecular weight is 269 g/mol. The molecule has 0 saturated heterocycles. The fourth-order valence-corrected chi connectivity index (χ4v) is 2.44. The van der Waals surface area contributed by atoms with E-state index in [0.717, 1.165) is 11.1 Å². The number of hydrogen-bond donors (Lipinski definition) is 1. The second-order valence-corrected chi connectivity index (χ2v) is 5.61. The second-order valence-electron chi connectivity index (χ2n) is 5.61. The first-order valence-electron chi connectivity index (χ1n) is 7.04. The van der Waals surface area contributed by atoms with Gasteiger partial charge in [0.25, 0.3) is 0 Å². The molecule has 0 spiro atoms. The number of aliphatic hydroxyl groups is 1. The molecule has 0 radical (unpaired) electrons. The third-order valence-corrected chi connectivity index (χ3v) is 3.98. The number of nitrogens with zero attached hydrogens (tertiary/aromatic N) is 1. The Labute approximate surface area is 121 Å². The van der Waals surface area contributed by atoms with E-state index in [2.05, 4.69) is 11.8 Å². The van der Waals surface area contributed by atoms with Crippen molar-refractivity contribution in [2.45, 2.75) is 25.0 Å². The van der Waals surface area contributed by atoms with Crippen LogP contribution in [0.15, 0.2) is 60.7 Å². The van der Waals surface area contributed by atoms with Crippen molar-refractivity contribution in [1.29, 1.82) is 0 Å². The molecule has 1 N–H and O–H groups in total. The largest absolute Gasteiger partial charge is 0.380 e. The Morgan fingerprint density at radius 2 is 1.30 bits per heavy atom. The van der Waals surface area contributed by atoms with Gasteiger partial charge in [0.2, 0.25) is 0 Å². The summed E-state index contributed by atoms with van der Waals surface area (Å²) in [6.45, 7) is 2.14. The molecule has 0 heterocycles. The molecule has 0 aliphatic carbocycles. The summed E-state index contributed by atoms with van der Waals surface area (Å²) in [7, 11) is 4.09. The maximum absolute atomic E-state index is 11.3. The zero-order chi connectivity index (χ0) is 14.6. The van der Waals surface area contributed by atoms with Crippen LogP contribution in [0, 0.1) is 0 Å². The highest BCUT2D eigenvalue weighted by Gasteiger charge is 2.33. The minimum Gasteiger partial charge on any atom is -0.380 e.